The summed E-state index contributed by atoms with van der Waals surface area (Å²) >= 11 is 1.81. The second-order valence-corrected chi connectivity index (χ2v) is 6.39. The van der Waals surface area contributed by atoms with Crippen LogP contribution in [-0.4, -0.2) is 15.2 Å². The molecule has 21 heavy (non-hydrogen) atoms. The number of thiophene rings is 1. The molecule has 0 amide bonds. The van der Waals surface area contributed by atoms with Crippen molar-refractivity contribution in [1.82, 2.24) is 20.5 Å². The van der Waals surface area contributed by atoms with Crippen LogP contribution in [0.1, 0.15) is 33.0 Å². The topological polar surface area (TPSA) is 53.6 Å². The van der Waals surface area contributed by atoms with E-state index in [1.165, 1.54) is 15.3 Å². The molecule has 1 atom stereocenters. The first-order valence-corrected chi connectivity index (χ1v) is 7.76. The zero-order chi connectivity index (χ0) is 14.7. The number of nitrogens with zero attached hydrogens (tertiary/aromatic N) is 2. The number of aryl methyl sites for hydroxylation is 2. The summed E-state index contributed by atoms with van der Waals surface area (Å²) in [4.78, 5) is 7.13. The maximum atomic E-state index is 4.48. The van der Waals surface area contributed by atoms with Crippen molar-refractivity contribution in [3.63, 3.8) is 0 Å². The lowest BCUT2D eigenvalue weighted by atomic mass is 10.1. The summed E-state index contributed by atoms with van der Waals surface area (Å²) in [6.45, 7) is 4.86. The largest absolute Gasteiger partial charge is 0.299 e. The van der Waals surface area contributed by atoms with Crippen molar-refractivity contribution in [2.75, 3.05) is 0 Å². The fourth-order valence-corrected chi connectivity index (χ4v) is 3.12. The van der Waals surface area contributed by atoms with E-state index in [0.717, 1.165) is 18.2 Å². The van der Waals surface area contributed by atoms with Gasteiger partial charge in [-0.1, -0.05) is 30.3 Å². The molecule has 108 valence electrons. The first kappa shape index (κ1) is 14.0. The van der Waals surface area contributed by atoms with Crippen LogP contribution in [0.15, 0.2) is 42.5 Å². The zero-order valence-electron chi connectivity index (χ0n) is 12.1. The second kappa shape index (κ2) is 6.20. The normalized spacial score (nSPS) is 12.5. The SMILES string of the molecule is Cc1nc([C@@H](NCc2ccc(C)s2)c2ccccc2)n[nH]1. The number of H-pyrrole nitrogens is 1. The van der Waals surface area contributed by atoms with Gasteiger partial charge in [0.15, 0.2) is 5.82 Å². The molecule has 0 saturated heterocycles. The molecule has 3 aromatic rings. The van der Waals surface area contributed by atoms with Crippen LogP contribution in [0.25, 0.3) is 0 Å². The smallest absolute Gasteiger partial charge is 0.172 e. The Kier molecular flexibility index (Phi) is 4.13. The molecule has 0 aliphatic rings. The molecule has 0 spiro atoms. The lowest BCUT2D eigenvalue weighted by Crippen LogP contribution is -2.22. The van der Waals surface area contributed by atoms with Crippen LogP contribution >= 0.6 is 11.3 Å². The number of aromatic nitrogens is 3. The maximum absolute atomic E-state index is 4.48. The highest BCUT2D eigenvalue weighted by Crippen LogP contribution is 2.21. The molecule has 0 aliphatic carbocycles. The molecule has 2 heterocycles. The van der Waals surface area contributed by atoms with Gasteiger partial charge in [0.1, 0.15) is 5.82 Å². The summed E-state index contributed by atoms with van der Waals surface area (Å²) in [6.07, 6.45) is 0. The van der Waals surface area contributed by atoms with Crippen LogP contribution in [-0.2, 0) is 6.54 Å². The average Bonchev–Trinajstić information content (AvgIpc) is 3.09. The van der Waals surface area contributed by atoms with Gasteiger partial charge in [0.05, 0.1) is 6.04 Å². The van der Waals surface area contributed by atoms with Crippen molar-refractivity contribution in [2.45, 2.75) is 26.4 Å². The van der Waals surface area contributed by atoms with Gasteiger partial charge >= 0.3 is 0 Å². The molecule has 4 nitrogen and oxygen atoms in total. The molecule has 0 bridgehead atoms. The molecule has 0 fully saturated rings. The predicted octanol–water partition coefficient (Wildman–Crippen LogP) is 3.36. The number of rotatable bonds is 5. The van der Waals surface area contributed by atoms with Gasteiger partial charge in [-0.05, 0) is 31.5 Å². The Morgan fingerprint density at radius 3 is 2.57 bits per heavy atom. The van der Waals surface area contributed by atoms with Crippen LogP contribution in [0.2, 0.25) is 0 Å². The standard InChI is InChI=1S/C16H18N4S/c1-11-8-9-14(21-11)10-17-15(13-6-4-3-5-7-13)16-18-12(2)19-20-16/h3-9,15,17H,10H2,1-2H3,(H,18,19,20)/t15-/m0/s1. The summed E-state index contributed by atoms with van der Waals surface area (Å²) in [5, 5.41) is 10.8. The van der Waals surface area contributed by atoms with E-state index in [-0.39, 0.29) is 6.04 Å². The molecule has 1 aromatic carbocycles. The number of hydrogen-bond donors (Lipinski definition) is 2. The van der Waals surface area contributed by atoms with E-state index < -0.39 is 0 Å². The molecule has 0 saturated carbocycles. The van der Waals surface area contributed by atoms with Gasteiger partial charge < -0.3 is 0 Å². The molecule has 3 rings (SSSR count). The van der Waals surface area contributed by atoms with E-state index in [0.29, 0.717) is 0 Å². The van der Waals surface area contributed by atoms with Crippen molar-refractivity contribution >= 4 is 11.3 Å². The maximum Gasteiger partial charge on any atom is 0.172 e. The summed E-state index contributed by atoms with van der Waals surface area (Å²) in [5.74, 6) is 1.62. The quantitative estimate of drug-likeness (QED) is 0.759. The molecule has 5 heteroatoms. The van der Waals surface area contributed by atoms with Crippen LogP contribution in [0.5, 0.6) is 0 Å². The summed E-state index contributed by atoms with van der Waals surface area (Å²) in [7, 11) is 0. The Bertz CT molecular complexity index is 702. The molecule has 2 aromatic heterocycles. The Labute approximate surface area is 128 Å². The third kappa shape index (κ3) is 3.37. The van der Waals surface area contributed by atoms with Gasteiger partial charge in [0, 0.05) is 16.3 Å². The highest BCUT2D eigenvalue weighted by atomic mass is 32.1. The van der Waals surface area contributed by atoms with E-state index in [1.807, 2.05) is 36.5 Å². The van der Waals surface area contributed by atoms with Gasteiger partial charge in [0.25, 0.3) is 0 Å². The van der Waals surface area contributed by atoms with Crippen molar-refractivity contribution in [3.8, 4) is 0 Å². The fourth-order valence-electron chi connectivity index (χ4n) is 2.28. The second-order valence-electron chi connectivity index (χ2n) is 5.02. The van der Waals surface area contributed by atoms with E-state index in [1.54, 1.807) is 0 Å². The van der Waals surface area contributed by atoms with Gasteiger partial charge in [-0.25, -0.2) is 4.98 Å². The number of benzene rings is 1. The molecule has 0 unspecified atom stereocenters. The molecule has 2 N–H and O–H groups in total. The van der Waals surface area contributed by atoms with Gasteiger partial charge in [-0.2, -0.15) is 5.10 Å². The lowest BCUT2D eigenvalue weighted by molar-refractivity contribution is 0.581. The first-order valence-electron chi connectivity index (χ1n) is 6.95. The van der Waals surface area contributed by atoms with E-state index >= 15 is 0 Å². The minimum absolute atomic E-state index is 0.00134. The molecule has 0 aliphatic heterocycles. The van der Waals surface area contributed by atoms with Gasteiger partial charge in [0.2, 0.25) is 0 Å². The predicted molar refractivity (Wildman–Crippen MR) is 85.3 cm³/mol. The van der Waals surface area contributed by atoms with Crippen LogP contribution < -0.4 is 5.32 Å². The minimum atomic E-state index is -0.00134. The van der Waals surface area contributed by atoms with Crippen molar-refractivity contribution in [3.05, 3.63) is 69.4 Å². The van der Waals surface area contributed by atoms with Gasteiger partial charge in [-0.15, -0.1) is 11.3 Å². The lowest BCUT2D eigenvalue weighted by Gasteiger charge is -2.15. The zero-order valence-corrected chi connectivity index (χ0v) is 12.9. The minimum Gasteiger partial charge on any atom is -0.299 e. The highest BCUT2D eigenvalue weighted by molar-refractivity contribution is 7.11. The summed E-state index contributed by atoms with van der Waals surface area (Å²) in [6, 6.07) is 14.6. The molecule has 0 radical (unpaired) electrons. The van der Waals surface area contributed by atoms with Crippen LogP contribution in [0.4, 0.5) is 0 Å². The Morgan fingerprint density at radius 2 is 1.95 bits per heavy atom. The monoisotopic (exact) mass is 298 g/mol. The van der Waals surface area contributed by atoms with Crippen molar-refractivity contribution in [2.24, 2.45) is 0 Å². The Morgan fingerprint density at radius 1 is 1.14 bits per heavy atom. The Hall–Kier alpha value is -1.98. The first-order chi connectivity index (χ1) is 10.2. The van der Waals surface area contributed by atoms with E-state index in [4.69, 9.17) is 0 Å². The van der Waals surface area contributed by atoms with Crippen molar-refractivity contribution in [1.29, 1.82) is 0 Å². The average molecular weight is 298 g/mol. The van der Waals surface area contributed by atoms with E-state index in [2.05, 4.69) is 51.7 Å². The third-order valence-electron chi connectivity index (χ3n) is 3.28. The van der Waals surface area contributed by atoms with Crippen LogP contribution in [0, 0.1) is 13.8 Å². The number of hydrogen-bond acceptors (Lipinski definition) is 4. The van der Waals surface area contributed by atoms with Crippen molar-refractivity contribution < 1.29 is 0 Å². The van der Waals surface area contributed by atoms with E-state index in [9.17, 15) is 0 Å². The van der Waals surface area contributed by atoms with Gasteiger partial charge in [-0.3, -0.25) is 10.4 Å². The number of nitrogens with one attached hydrogen (secondary N) is 2. The van der Waals surface area contributed by atoms with Crippen LogP contribution in [0.3, 0.4) is 0 Å². The Balaban J connectivity index is 1.82. The third-order valence-corrected chi connectivity index (χ3v) is 4.28. The molecular weight excluding hydrogens is 280 g/mol. The highest BCUT2D eigenvalue weighted by Gasteiger charge is 2.18. The summed E-state index contributed by atoms with van der Waals surface area (Å²) in [5.41, 5.74) is 1.17. The summed E-state index contributed by atoms with van der Waals surface area (Å²) < 4.78 is 0. The number of aromatic amines is 1. The molecular formula is C16H18N4S. The fraction of sp³-hybridized carbons (Fsp3) is 0.250.